The van der Waals surface area contributed by atoms with Crippen LogP contribution in [0.1, 0.15) is 44.6 Å². The molecule has 14 heavy (non-hydrogen) atoms. The van der Waals surface area contributed by atoms with Crippen molar-refractivity contribution in [2.45, 2.75) is 39.0 Å². The molecule has 0 aromatic heterocycles. The third kappa shape index (κ3) is 3.33. The molecule has 0 heterocycles. The molecule has 0 bridgehead atoms. The van der Waals surface area contributed by atoms with Crippen LogP contribution in [0.3, 0.4) is 0 Å². The van der Waals surface area contributed by atoms with E-state index in [1.54, 1.807) is 0 Å². The lowest BCUT2D eigenvalue weighted by Gasteiger charge is -2.10. The van der Waals surface area contributed by atoms with E-state index in [1.807, 2.05) is 25.1 Å². The Morgan fingerprint density at radius 1 is 1.29 bits per heavy atom. The lowest BCUT2D eigenvalue weighted by atomic mass is 9.95. The van der Waals surface area contributed by atoms with E-state index in [0.717, 1.165) is 6.42 Å². The molecule has 0 N–H and O–H groups in total. The molecule has 0 saturated heterocycles. The van der Waals surface area contributed by atoms with E-state index in [9.17, 15) is 4.79 Å². The molecule has 0 spiro atoms. The normalized spacial score (nSPS) is 12.4. The Bertz CT molecular complexity index is 277. The molecule has 76 valence electrons. The summed E-state index contributed by atoms with van der Waals surface area (Å²) < 4.78 is 0. The standard InChI is InChI=1S/C13H18O/c1-3-13(14)10-9-11(2)12-7-5-4-6-8-12/h4-8,11H,3,9-10H2,1-2H3/t11-/m1/s1. The van der Waals surface area contributed by atoms with Crippen LogP contribution in [0.2, 0.25) is 0 Å². The number of Topliss-reactive ketones (excluding diaryl/α,β-unsaturated/α-hetero) is 1. The largest absolute Gasteiger partial charge is 0.300 e. The summed E-state index contributed by atoms with van der Waals surface area (Å²) in [4.78, 5) is 11.1. The number of rotatable bonds is 5. The van der Waals surface area contributed by atoms with Crippen LogP contribution in [0.15, 0.2) is 30.3 Å². The van der Waals surface area contributed by atoms with Gasteiger partial charge in [0.25, 0.3) is 0 Å². The maximum atomic E-state index is 11.1. The topological polar surface area (TPSA) is 17.1 Å². The third-order valence-corrected chi connectivity index (χ3v) is 2.62. The Morgan fingerprint density at radius 3 is 2.50 bits per heavy atom. The molecule has 0 saturated carbocycles. The highest BCUT2D eigenvalue weighted by Gasteiger charge is 2.06. The van der Waals surface area contributed by atoms with Crippen LogP contribution < -0.4 is 0 Å². The second-order valence-corrected chi connectivity index (χ2v) is 3.74. The summed E-state index contributed by atoms with van der Waals surface area (Å²) in [5.41, 5.74) is 1.33. The van der Waals surface area contributed by atoms with Gasteiger partial charge in [-0.1, -0.05) is 44.2 Å². The fraction of sp³-hybridized carbons (Fsp3) is 0.462. The van der Waals surface area contributed by atoms with Gasteiger partial charge in [0.15, 0.2) is 0 Å². The summed E-state index contributed by atoms with van der Waals surface area (Å²) in [6, 6.07) is 10.4. The monoisotopic (exact) mass is 190 g/mol. The molecule has 0 aliphatic carbocycles. The molecule has 0 unspecified atom stereocenters. The summed E-state index contributed by atoms with van der Waals surface area (Å²) in [5.74, 6) is 0.861. The lowest BCUT2D eigenvalue weighted by Crippen LogP contribution is -1.99. The van der Waals surface area contributed by atoms with Crippen molar-refractivity contribution in [1.29, 1.82) is 0 Å². The van der Waals surface area contributed by atoms with Crippen molar-refractivity contribution in [3.63, 3.8) is 0 Å². The van der Waals surface area contributed by atoms with Crippen molar-refractivity contribution in [2.75, 3.05) is 0 Å². The SMILES string of the molecule is CCC(=O)CC[C@@H](C)c1ccccc1. The molecule has 1 nitrogen and oxygen atoms in total. The van der Waals surface area contributed by atoms with Gasteiger partial charge in [0.2, 0.25) is 0 Å². The van der Waals surface area contributed by atoms with Crippen molar-refractivity contribution in [1.82, 2.24) is 0 Å². The van der Waals surface area contributed by atoms with E-state index < -0.39 is 0 Å². The minimum absolute atomic E-state index is 0.368. The maximum Gasteiger partial charge on any atom is 0.132 e. The van der Waals surface area contributed by atoms with Gasteiger partial charge in [0.05, 0.1) is 0 Å². The van der Waals surface area contributed by atoms with Crippen molar-refractivity contribution >= 4 is 5.78 Å². The minimum Gasteiger partial charge on any atom is -0.300 e. The third-order valence-electron chi connectivity index (χ3n) is 2.62. The first-order chi connectivity index (χ1) is 6.74. The van der Waals surface area contributed by atoms with Crippen molar-refractivity contribution in [2.24, 2.45) is 0 Å². The van der Waals surface area contributed by atoms with Gasteiger partial charge in [-0.3, -0.25) is 4.79 Å². The van der Waals surface area contributed by atoms with Gasteiger partial charge in [-0.05, 0) is 17.9 Å². The molecular weight excluding hydrogens is 172 g/mol. The van der Waals surface area contributed by atoms with E-state index >= 15 is 0 Å². The number of carbonyl (C=O) groups excluding carboxylic acids is 1. The second-order valence-electron chi connectivity index (χ2n) is 3.74. The lowest BCUT2D eigenvalue weighted by molar-refractivity contribution is -0.118. The number of ketones is 1. The van der Waals surface area contributed by atoms with Crippen LogP contribution >= 0.6 is 0 Å². The average Bonchev–Trinajstić information content (AvgIpc) is 2.26. The number of carbonyl (C=O) groups is 1. The fourth-order valence-corrected chi connectivity index (χ4v) is 1.50. The number of benzene rings is 1. The molecule has 1 aromatic rings. The first-order valence-corrected chi connectivity index (χ1v) is 5.30. The molecule has 0 aliphatic rings. The summed E-state index contributed by atoms with van der Waals surface area (Å²) >= 11 is 0. The number of hydrogen-bond acceptors (Lipinski definition) is 1. The van der Waals surface area contributed by atoms with Crippen LogP contribution in [0.4, 0.5) is 0 Å². The van der Waals surface area contributed by atoms with Crippen LogP contribution in [-0.2, 0) is 4.79 Å². The summed E-state index contributed by atoms with van der Waals surface area (Å²) in [5, 5.41) is 0. The fourth-order valence-electron chi connectivity index (χ4n) is 1.50. The Morgan fingerprint density at radius 2 is 1.93 bits per heavy atom. The Kier molecular flexibility index (Phi) is 4.37. The van der Waals surface area contributed by atoms with Gasteiger partial charge in [0, 0.05) is 12.8 Å². The first kappa shape index (κ1) is 11.0. The molecule has 0 radical (unpaired) electrons. The van der Waals surface area contributed by atoms with Gasteiger partial charge in [0.1, 0.15) is 5.78 Å². The zero-order valence-corrected chi connectivity index (χ0v) is 8.99. The molecule has 1 atom stereocenters. The zero-order valence-electron chi connectivity index (χ0n) is 8.99. The van der Waals surface area contributed by atoms with Crippen LogP contribution in [-0.4, -0.2) is 5.78 Å². The van der Waals surface area contributed by atoms with Crippen LogP contribution in [0.5, 0.6) is 0 Å². The summed E-state index contributed by atoms with van der Waals surface area (Å²) in [6.45, 7) is 4.10. The molecule has 0 fully saturated rings. The predicted octanol–water partition coefficient (Wildman–Crippen LogP) is 3.55. The Hall–Kier alpha value is -1.11. The van der Waals surface area contributed by atoms with Crippen LogP contribution in [0.25, 0.3) is 0 Å². The molecule has 1 aromatic carbocycles. The Balaban J connectivity index is 2.43. The van der Waals surface area contributed by atoms with Gasteiger partial charge >= 0.3 is 0 Å². The Labute approximate surface area is 86.1 Å². The van der Waals surface area contributed by atoms with Crippen LogP contribution in [0, 0.1) is 0 Å². The quantitative estimate of drug-likeness (QED) is 0.694. The summed E-state index contributed by atoms with van der Waals surface area (Å²) in [7, 11) is 0. The average molecular weight is 190 g/mol. The summed E-state index contributed by atoms with van der Waals surface area (Å²) in [6.07, 6.45) is 2.35. The first-order valence-electron chi connectivity index (χ1n) is 5.30. The highest BCUT2D eigenvalue weighted by atomic mass is 16.1. The van der Waals surface area contributed by atoms with Crippen molar-refractivity contribution < 1.29 is 4.79 Å². The zero-order chi connectivity index (χ0) is 10.4. The molecular formula is C13H18O. The van der Waals surface area contributed by atoms with E-state index in [-0.39, 0.29) is 0 Å². The molecule has 1 heteroatoms. The molecule has 0 aliphatic heterocycles. The smallest absolute Gasteiger partial charge is 0.132 e. The second kappa shape index (κ2) is 5.58. The van der Waals surface area contributed by atoms with Gasteiger partial charge in [-0.15, -0.1) is 0 Å². The van der Waals surface area contributed by atoms with Crippen molar-refractivity contribution in [3.8, 4) is 0 Å². The maximum absolute atomic E-state index is 11.1. The highest BCUT2D eigenvalue weighted by molar-refractivity contribution is 5.78. The van der Waals surface area contributed by atoms with Gasteiger partial charge < -0.3 is 0 Å². The predicted molar refractivity (Wildman–Crippen MR) is 59.4 cm³/mol. The van der Waals surface area contributed by atoms with Gasteiger partial charge in [-0.25, -0.2) is 0 Å². The van der Waals surface area contributed by atoms with Crippen molar-refractivity contribution in [3.05, 3.63) is 35.9 Å². The minimum atomic E-state index is 0.368. The number of hydrogen-bond donors (Lipinski definition) is 0. The molecule has 1 rings (SSSR count). The van der Waals surface area contributed by atoms with E-state index in [2.05, 4.69) is 19.1 Å². The highest BCUT2D eigenvalue weighted by Crippen LogP contribution is 2.20. The van der Waals surface area contributed by atoms with E-state index in [4.69, 9.17) is 0 Å². The van der Waals surface area contributed by atoms with Gasteiger partial charge in [-0.2, -0.15) is 0 Å². The van der Waals surface area contributed by atoms with E-state index in [1.165, 1.54) is 5.56 Å². The van der Waals surface area contributed by atoms with E-state index in [0.29, 0.717) is 24.5 Å². The molecule has 0 amide bonds.